The first-order valence-electron chi connectivity index (χ1n) is 11.7. The zero-order valence-electron chi connectivity index (χ0n) is 18.6. The van der Waals surface area contributed by atoms with Crippen molar-refractivity contribution in [3.8, 4) is 5.75 Å². The zero-order valence-corrected chi connectivity index (χ0v) is 18.6. The van der Waals surface area contributed by atoms with Crippen LogP contribution in [0.4, 0.5) is 4.39 Å². The highest BCUT2D eigenvalue weighted by atomic mass is 19.1. The van der Waals surface area contributed by atoms with Crippen LogP contribution in [0.2, 0.25) is 0 Å². The first-order chi connectivity index (χ1) is 15.7. The van der Waals surface area contributed by atoms with Gasteiger partial charge in [0.05, 0.1) is 5.52 Å². The van der Waals surface area contributed by atoms with E-state index in [1.807, 2.05) is 24.5 Å². The number of aryl methyl sites for hydroxylation is 1. The van der Waals surface area contributed by atoms with Gasteiger partial charge in [0.25, 0.3) is 0 Å². The highest BCUT2D eigenvalue weighted by molar-refractivity contribution is 5.86. The third kappa shape index (κ3) is 4.22. The summed E-state index contributed by atoms with van der Waals surface area (Å²) in [5.41, 5.74) is 4.49. The van der Waals surface area contributed by atoms with Crippen LogP contribution in [0.3, 0.4) is 0 Å². The number of nitrogens with zero attached hydrogens (tertiary/aromatic N) is 2. The van der Waals surface area contributed by atoms with Crippen molar-refractivity contribution in [1.82, 2.24) is 14.9 Å². The van der Waals surface area contributed by atoms with E-state index < -0.39 is 0 Å². The second-order valence-electron chi connectivity index (χ2n) is 8.79. The van der Waals surface area contributed by atoms with E-state index in [0.717, 1.165) is 79.4 Å². The number of rotatable bonds is 8. The lowest BCUT2D eigenvalue weighted by Gasteiger charge is -2.35. The lowest BCUT2D eigenvalue weighted by molar-refractivity contribution is 0.118. The van der Waals surface area contributed by atoms with E-state index in [0.29, 0.717) is 6.04 Å². The molecule has 2 aromatic carbocycles. The Bertz CT molecular complexity index is 1220. The van der Waals surface area contributed by atoms with Crippen LogP contribution in [0, 0.1) is 5.82 Å². The Morgan fingerprint density at radius 3 is 2.97 bits per heavy atom. The van der Waals surface area contributed by atoms with Crippen LogP contribution in [0.15, 0.2) is 54.9 Å². The average Bonchev–Trinajstić information content (AvgIpc) is 3.22. The molecule has 0 aliphatic carbocycles. The summed E-state index contributed by atoms with van der Waals surface area (Å²) in [6.45, 7) is 5.10. The number of pyridine rings is 1. The van der Waals surface area contributed by atoms with Gasteiger partial charge in [0, 0.05) is 34.7 Å². The fourth-order valence-corrected chi connectivity index (χ4v) is 4.98. The van der Waals surface area contributed by atoms with E-state index in [-0.39, 0.29) is 5.82 Å². The molecule has 1 aliphatic heterocycles. The minimum atomic E-state index is -0.173. The van der Waals surface area contributed by atoms with Gasteiger partial charge in [0.1, 0.15) is 18.2 Å². The molecule has 0 spiro atoms. The van der Waals surface area contributed by atoms with Gasteiger partial charge in [0.15, 0.2) is 0 Å². The normalized spacial score (nSPS) is 15.9. The van der Waals surface area contributed by atoms with Crippen LogP contribution in [-0.4, -0.2) is 40.6 Å². The summed E-state index contributed by atoms with van der Waals surface area (Å²) in [5, 5.41) is 2.12. The van der Waals surface area contributed by atoms with Crippen molar-refractivity contribution < 1.29 is 9.13 Å². The fourth-order valence-electron chi connectivity index (χ4n) is 4.98. The fraction of sp³-hybridized carbons (Fsp3) is 0.370. The van der Waals surface area contributed by atoms with Gasteiger partial charge < -0.3 is 9.72 Å². The molecule has 4 aromatic rings. The summed E-state index contributed by atoms with van der Waals surface area (Å²) in [6, 6.07) is 13.7. The summed E-state index contributed by atoms with van der Waals surface area (Å²) >= 11 is 0. The van der Waals surface area contributed by atoms with Gasteiger partial charge in [-0.1, -0.05) is 13.0 Å². The van der Waals surface area contributed by atoms with Gasteiger partial charge in [0.2, 0.25) is 0 Å². The van der Waals surface area contributed by atoms with Crippen molar-refractivity contribution in [3.63, 3.8) is 0 Å². The van der Waals surface area contributed by atoms with Crippen LogP contribution in [0.5, 0.6) is 5.75 Å². The molecule has 32 heavy (non-hydrogen) atoms. The molecule has 5 rings (SSSR count). The predicted octanol–water partition coefficient (Wildman–Crippen LogP) is 5.89. The Morgan fingerprint density at radius 2 is 2.06 bits per heavy atom. The minimum absolute atomic E-state index is 0.173. The van der Waals surface area contributed by atoms with Gasteiger partial charge >= 0.3 is 0 Å². The highest BCUT2D eigenvalue weighted by Gasteiger charge is 2.26. The van der Waals surface area contributed by atoms with Crippen LogP contribution < -0.4 is 4.74 Å². The van der Waals surface area contributed by atoms with Gasteiger partial charge in [-0.2, -0.15) is 0 Å². The summed E-state index contributed by atoms with van der Waals surface area (Å²) < 4.78 is 19.9. The molecule has 2 aromatic heterocycles. The molecule has 1 atom stereocenters. The minimum Gasteiger partial charge on any atom is -0.491 e. The first-order valence-corrected chi connectivity index (χ1v) is 11.7. The molecule has 0 radical (unpaired) electrons. The van der Waals surface area contributed by atoms with Crippen LogP contribution >= 0.6 is 0 Å². The molecule has 0 unspecified atom stereocenters. The van der Waals surface area contributed by atoms with E-state index in [1.54, 1.807) is 6.07 Å². The Balaban J connectivity index is 1.21. The molecule has 4 nitrogen and oxygen atoms in total. The maximum atomic E-state index is 13.6. The quantitative estimate of drug-likeness (QED) is 0.354. The number of halogens is 1. The Labute approximate surface area is 188 Å². The zero-order chi connectivity index (χ0) is 21.9. The van der Waals surface area contributed by atoms with Crippen molar-refractivity contribution in [2.24, 2.45) is 0 Å². The van der Waals surface area contributed by atoms with Crippen molar-refractivity contribution in [3.05, 3.63) is 71.8 Å². The molecule has 0 fully saturated rings. The number of ether oxygens (including phenoxy) is 1. The molecule has 0 amide bonds. The van der Waals surface area contributed by atoms with Crippen molar-refractivity contribution >= 4 is 21.8 Å². The number of hydrogen-bond donors (Lipinski definition) is 1. The number of aromatic nitrogens is 2. The second-order valence-corrected chi connectivity index (χ2v) is 8.79. The molecule has 5 heteroatoms. The maximum absolute atomic E-state index is 13.6. The molecular formula is C27H30FN3O. The lowest BCUT2D eigenvalue weighted by atomic mass is 9.98. The number of nitrogens with one attached hydrogen (secondary N) is 1. The van der Waals surface area contributed by atoms with E-state index in [4.69, 9.17) is 4.74 Å². The second kappa shape index (κ2) is 9.29. The Morgan fingerprint density at radius 1 is 1.12 bits per heavy atom. The van der Waals surface area contributed by atoms with Gasteiger partial charge in [-0.25, -0.2) is 4.39 Å². The molecule has 0 saturated heterocycles. The third-order valence-electron chi connectivity index (χ3n) is 6.59. The van der Waals surface area contributed by atoms with Crippen molar-refractivity contribution in [1.29, 1.82) is 0 Å². The number of H-pyrrole nitrogens is 1. The summed E-state index contributed by atoms with van der Waals surface area (Å²) in [5.74, 6) is 0.837. The standard InChI is InChI=1S/C27H30FN3O/c1-2-13-31(14-4-3-6-20-17-30-26-11-9-21(28)16-24(20)26)22-15-19-8-10-25-23(7-5-12-29-25)27(19)32-18-22/h5,7-12,16-17,22,30H,2-4,6,13-15,18H2,1H3/t22-/m1/s1. The van der Waals surface area contributed by atoms with Crippen LogP contribution in [0.25, 0.3) is 21.8 Å². The number of fused-ring (bicyclic) bond motifs is 4. The summed E-state index contributed by atoms with van der Waals surface area (Å²) in [6.07, 6.45) is 9.17. The van der Waals surface area contributed by atoms with Gasteiger partial charge in [-0.15, -0.1) is 0 Å². The third-order valence-corrected chi connectivity index (χ3v) is 6.59. The molecule has 166 valence electrons. The average molecular weight is 432 g/mol. The van der Waals surface area contributed by atoms with E-state index in [1.165, 1.54) is 17.2 Å². The maximum Gasteiger partial charge on any atom is 0.132 e. The topological polar surface area (TPSA) is 41.2 Å². The molecule has 1 N–H and O–H groups in total. The Hall–Kier alpha value is -2.92. The van der Waals surface area contributed by atoms with Crippen molar-refractivity contribution in [2.45, 2.75) is 45.1 Å². The SMILES string of the molecule is CCCN(CCCCc1c[nH]c2ccc(F)cc12)[C@H]1COc2c(ccc3ncccc23)C1. The van der Waals surface area contributed by atoms with E-state index in [9.17, 15) is 4.39 Å². The van der Waals surface area contributed by atoms with E-state index >= 15 is 0 Å². The van der Waals surface area contributed by atoms with Gasteiger partial charge in [-0.3, -0.25) is 9.88 Å². The monoisotopic (exact) mass is 431 g/mol. The Kier molecular flexibility index (Phi) is 6.08. The van der Waals surface area contributed by atoms with Crippen LogP contribution in [-0.2, 0) is 12.8 Å². The number of aromatic amines is 1. The molecular weight excluding hydrogens is 401 g/mol. The summed E-state index contributed by atoms with van der Waals surface area (Å²) in [4.78, 5) is 10.3. The molecule has 1 aliphatic rings. The largest absolute Gasteiger partial charge is 0.491 e. The molecule has 0 saturated carbocycles. The molecule has 3 heterocycles. The lowest BCUT2D eigenvalue weighted by Crippen LogP contribution is -2.44. The van der Waals surface area contributed by atoms with E-state index in [2.05, 4.69) is 40.0 Å². The first kappa shape index (κ1) is 21.0. The van der Waals surface area contributed by atoms with Gasteiger partial charge in [-0.05, 0) is 92.7 Å². The number of benzene rings is 2. The number of hydrogen-bond acceptors (Lipinski definition) is 3. The smallest absolute Gasteiger partial charge is 0.132 e. The van der Waals surface area contributed by atoms with Crippen LogP contribution in [0.1, 0.15) is 37.3 Å². The highest BCUT2D eigenvalue weighted by Crippen LogP contribution is 2.33. The summed E-state index contributed by atoms with van der Waals surface area (Å²) in [7, 11) is 0. The molecule has 0 bridgehead atoms. The van der Waals surface area contributed by atoms with Crippen molar-refractivity contribution in [2.75, 3.05) is 19.7 Å². The predicted molar refractivity (Wildman–Crippen MR) is 128 cm³/mol. The number of unbranched alkanes of at least 4 members (excludes halogenated alkanes) is 1.